The second kappa shape index (κ2) is 7.32. The van der Waals surface area contributed by atoms with Crippen molar-refractivity contribution in [1.82, 2.24) is 4.90 Å². The van der Waals surface area contributed by atoms with Crippen LogP contribution in [-0.4, -0.2) is 73.8 Å². The van der Waals surface area contributed by atoms with Crippen molar-refractivity contribution in [1.29, 1.82) is 0 Å². The second-order valence-electron chi connectivity index (χ2n) is 7.23. The van der Waals surface area contributed by atoms with E-state index in [1.165, 1.54) is 0 Å². The van der Waals surface area contributed by atoms with Crippen molar-refractivity contribution in [3.63, 3.8) is 0 Å². The van der Waals surface area contributed by atoms with E-state index in [0.717, 1.165) is 10.5 Å². The van der Waals surface area contributed by atoms with Crippen molar-refractivity contribution in [2.75, 3.05) is 6.61 Å². The number of aliphatic hydroxyl groups excluding tert-OH is 1. The molecule has 0 aliphatic carbocycles. The predicted molar refractivity (Wildman–Crippen MR) is 101 cm³/mol. The summed E-state index contributed by atoms with van der Waals surface area (Å²) in [6.07, 6.45) is -3.04. The van der Waals surface area contributed by atoms with Gasteiger partial charge >= 0.3 is 175 Å². The first kappa shape index (κ1) is 18.9. The summed E-state index contributed by atoms with van der Waals surface area (Å²) in [6, 6.07) is 15.1. The molecular weight excluding hydrogens is 441 g/mol. The molecule has 2 saturated heterocycles. The van der Waals surface area contributed by atoms with Crippen LogP contribution in [0.15, 0.2) is 54.6 Å². The molecule has 5 rings (SSSR count). The Kier molecular flexibility index (Phi) is 4.78. The summed E-state index contributed by atoms with van der Waals surface area (Å²) in [5.74, 6) is -0.882. The molecule has 3 aliphatic heterocycles. The van der Waals surface area contributed by atoms with E-state index in [2.05, 4.69) is 16.0 Å². The Labute approximate surface area is 175 Å². The molecule has 2 fully saturated rings. The van der Waals surface area contributed by atoms with Crippen LogP contribution in [0.4, 0.5) is 0 Å². The second-order valence-corrected chi connectivity index (χ2v) is 8.20. The molecule has 7 nitrogen and oxygen atoms in total. The van der Waals surface area contributed by atoms with Gasteiger partial charge in [0.25, 0.3) is 0 Å². The summed E-state index contributed by atoms with van der Waals surface area (Å²) in [5, 5.41) is 10.5. The summed E-state index contributed by atoms with van der Waals surface area (Å²) < 4.78 is 17.7. The maximum absolute atomic E-state index is 12.9. The third-order valence-electron chi connectivity index (χ3n) is 5.53. The van der Waals surface area contributed by atoms with E-state index in [9.17, 15) is 14.7 Å². The number of fused-ring (bicyclic) bond motifs is 2. The van der Waals surface area contributed by atoms with Crippen LogP contribution in [0.2, 0.25) is 0 Å². The number of aliphatic hydroxyl groups is 1. The Hall–Kier alpha value is -2.06. The summed E-state index contributed by atoms with van der Waals surface area (Å²) in [4.78, 5) is 26.9. The Balaban J connectivity index is 1.43. The van der Waals surface area contributed by atoms with Crippen molar-refractivity contribution in [3.8, 4) is 0 Å². The first-order valence-electron chi connectivity index (χ1n) is 9.34. The molecule has 2 aromatic rings. The molecule has 1 radical (unpaired) electrons. The third-order valence-corrected chi connectivity index (χ3v) is 6.35. The quantitative estimate of drug-likeness (QED) is 0.534. The van der Waals surface area contributed by atoms with Crippen LogP contribution < -0.4 is 0 Å². The Morgan fingerprint density at radius 3 is 2.21 bits per heavy atom. The number of amides is 2. The number of hydrogen-bond acceptors (Lipinski definition) is 6. The normalized spacial score (nSPS) is 34.1. The molecule has 3 aliphatic rings. The van der Waals surface area contributed by atoms with Crippen LogP contribution >= 0.6 is 0 Å². The van der Waals surface area contributed by atoms with Gasteiger partial charge in [0.2, 0.25) is 0 Å². The van der Waals surface area contributed by atoms with Gasteiger partial charge in [0.05, 0.1) is 0 Å². The van der Waals surface area contributed by atoms with E-state index >= 15 is 0 Å². The molecule has 0 aromatic heterocycles. The molecule has 0 bridgehead atoms. The van der Waals surface area contributed by atoms with Gasteiger partial charge in [-0.05, 0) is 0 Å². The van der Waals surface area contributed by atoms with E-state index < -0.39 is 47.5 Å². The van der Waals surface area contributed by atoms with Crippen molar-refractivity contribution < 1.29 is 28.9 Å². The summed E-state index contributed by atoms with van der Waals surface area (Å²) in [7, 11) is 0. The standard InChI is InChI=1S/C21H18NO6Se/c23-16-15(22-18(24)12-8-4-5-9-13(12)19(22)25)21(29)27-14-10-26-20(28-17(14)16)11-6-2-1-3-7-11/h1-9,14-17,20-21,23H,10H2. The van der Waals surface area contributed by atoms with E-state index in [0.29, 0.717) is 11.1 Å². The zero-order valence-corrected chi connectivity index (χ0v) is 16.9. The molecule has 149 valence electrons. The van der Waals surface area contributed by atoms with Gasteiger partial charge in [0.15, 0.2) is 0 Å². The molecule has 6 unspecified atom stereocenters. The van der Waals surface area contributed by atoms with Crippen LogP contribution in [0.25, 0.3) is 0 Å². The van der Waals surface area contributed by atoms with Crippen molar-refractivity contribution in [3.05, 3.63) is 71.3 Å². The Morgan fingerprint density at radius 2 is 1.55 bits per heavy atom. The third kappa shape index (κ3) is 3.04. The number of carbonyl (C=O) groups excluding carboxylic acids is 2. The van der Waals surface area contributed by atoms with Crippen LogP contribution in [-0.2, 0) is 14.2 Å². The van der Waals surface area contributed by atoms with Crippen molar-refractivity contribution in [2.24, 2.45) is 0 Å². The fraction of sp³-hybridized carbons (Fsp3) is 0.333. The van der Waals surface area contributed by atoms with E-state index in [1.54, 1.807) is 24.3 Å². The molecule has 8 heteroatoms. The molecular formula is C21H18NO6Se. The fourth-order valence-corrected chi connectivity index (χ4v) is 5.00. The fourth-order valence-electron chi connectivity index (χ4n) is 4.11. The van der Waals surface area contributed by atoms with E-state index in [1.807, 2.05) is 30.3 Å². The molecule has 1 N–H and O–H groups in total. The van der Waals surface area contributed by atoms with Gasteiger partial charge in [0.1, 0.15) is 0 Å². The number of nitrogens with zero attached hydrogens (tertiary/aromatic N) is 1. The van der Waals surface area contributed by atoms with Gasteiger partial charge in [-0.15, -0.1) is 0 Å². The van der Waals surface area contributed by atoms with Gasteiger partial charge in [0, 0.05) is 0 Å². The molecule has 6 atom stereocenters. The zero-order chi connectivity index (χ0) is 20.1. The van der Waals surface area contributed by atoms with E-state index in [-0.39, 0.29) is 6.61 Å². The zero-order valence-electron chi connectivity index (χ0n) is 15.2. The predicted octanol–water partition coefficient (Wildman–Crippen LogP) is 1.02. The number of carbonyl (C=O) groups is 2. The number of hydrogen-bond donors (Lipinski definition) is 1. The average molecular weight is 459 g/mol. The number of benzene rings is 2. The van der Waals surface area contributed by atoms with Gasteiger partial charge < -0.3 is 0 Å². The molecule has 0 spiro atoms. The molecule has 0 saturated carbocycles. The number of imide groups is 1. The summed E-state index contributed by atoms with van der Waals surface area (Å²) in [5.41, 5.74) is 1.48. The number of ether oxygens (including phenoxy) is 3. The van der Waals surface area contributed by atoms with Crippen LogP contribution in [0.5, 0.6) is 0 Å². The van der Waals surface area contributed by atoms with Crippen LogP contribution in [0.3, 0.4) is 0 Å². The van der Waals surface area contributed by atoms with Gasteiger partial charge in [-0.1, -0.05) is 0 Å². The first-order chi connectivity index (χ1) is 14.1. The van der Waals surface area contributed by atoms with Crippen molar-refractivity contribution in [2.45, 2.75) is 35.6 Å². The van der Waals surface area contributed by atoms with Crippen LogP contribution in [0, 0.1) is 0 Å². The minimum atomic E-state index is -1.13. The van der Waals surface area contributed by atoms with Gasteiger partial charge in [-0.2, -0.15) is 0 Å². The SMILES string of the molecule is O=C1c2ccccc2C(=O)N1C1C([Se])OC2COC(c3ccccc3)OC2C1O. The van der Waals surface area contributed by atoms with Crippen LogP contribution in [0.1, 0.15) is 32.6 Å². The minimum absolute atomic E-state index is 0.230. The molecule has 3 heterocycles. The molecule has 2 amide bonds. The van der Waals surface area contributed by atoms with Gasteiger partial charge in [-0.25, -0.2) is 0 Å². The molecule has 2 aromatic carbocycles. The average Bonchev–Trinajstić information content (AvgIpc) is 3.00. The Morgan fingerprint density at radius 1 is 0.931 bits per heavy atom. The summed E-state index contributed by atoms with van der Waals surface area (Å²) in [6.45, 7) is 0.230. The topological polar surface area (TPSA) is 85.3 Å². The summed E-state index contributed by atoms with van der Waals surface area (Å²) >= 11 is 2.84. The maximum atomic E-state index is 12.9. The first-order valence-corrected chi connectivity index (χ1v) is 10.3. The van der Waals surface area contributed by atoms with E-state index in [4.69, 9.17) is 14.2 Å². The Bertz CT molecular complexity index is 918. The molecule has 29 heavy (non-hydrogen) atoms. The van der Waals surface area contributed by atoms with Crippen molar-refractivity contribution >= 4 is 27.8 Å². The monoisotopic (exact) mass is 460 g/mol. The van der Waals surface area contributed by atoms with Gasteiger partial charge in [-0.3, -0.25) is 0 Å². The number of rotatable bonds is 2.